The summed E-state index contributed by atoms with van der Waals surface area (Å²) in [5.41, 5.74) is 0. The summed E-state index contributed by atoms with van der Waals surface area (Å²) in [7, 11) is 0. The topological polar surface area (TPSA) is 78.9 Å². The normalized spacial score (nSPS) is 12.7. The molecule has 0 aliphatic rings. The van der Waals surface area contributed by atoms with E-state index in [4.69, 9.17) is 14.2 Å². The van der Waals surface area contributed by atoms with E-state index in [0.717, 1.165) is 116 Å². The van der Waals surface area contributed by atoms with Gasteiger partial charge in [0.2, 0.25) is 0 Å². The van der Waals surface area contributed by atoms with E-state index in [1.54, 1.807) is 0 Å². The second-order valence-corrected chi connectivity index (χ2v) is 23.1. The van der Waals surface area contributed by atoms with Crippen LogP contribution in [0.2, 0.25) is 0 Å². The molecule has 466 valence electrons. The second-order valence-electron chi connectivity index (χ2n) is 23.1. The average Bonchev–Trinajstić information content (AvgIpc) is 3.46. The lowest BCUT2D eigenvalue weighted by molar-refractivity contribution is -0.167. The van der Waals surface area contributed by atoms with E-state index < -0.39 is 6.10 Å². The Morgan fingerprint density at radius 1 is 0.259 bits per heavy atom. The molecule has 0 aromatic carbocycles. The van der Waals surface area contributed by atoms with Gasteiger partial charge in [-0.2, -0.15) is 0 Å². The van der Waals surface area contributed by atoms with E-state index in [9.17, 15) is 14.4 Å². The van der Waals surface area contributed by atoms with Gasteiger partial charge in [-0.3, -0.25) is 14.4 Å². The Balaban J connectivity index is 4.21. The lowest BCUT2D eigenvalue weighted by Gasteiger charge is -2.18. The number of unbranched alkanes of at least 4 members (excludes halogenated alkanes) is 36. The van der Waals surface area contributed by atoms with Crippen molar-refractivity contribution in [2.45, 2.75) is 348 Å². The van der Waals surface area contributed by atoms with Crippen LogP contribution in [0.4, 0.5) is 0 Å². The average molecular weight is 1130 g/mol. The van der Waals surface area contributed by atoms with Gasteiger partial charge in [0.1, 0.15) is 13.2 Å². The highest BCUT2D eigenvalue weighted by Crippen LogP contribution is 2.17. The highest BCUT2D eigenvalue weighted by Gasteiger charge is 2.19. The summed E-state index contributed by atoms with van der Waals surface area (Å²) in [4.78, 5) is 38.4. The minimum atomic E-state index is -0.786. The summed E-state index contributed by atoms with van der Waals surface area (Å²) < 4.78 is 17.0. The third-order valence-electron chi connectivity index (χ3n) is 15.0. The molecule has 0 N–H and O–H groups in total. The molecule has 0 aliphatic heterocycles. The molecule has 0 aromatic heterocycles. The highest BCUT2D eigenvalue weighted by molar-refractivity contribution is 5.71. The molecule has 0 rings (SSSR count). The fraction of sp³-hybridized carbons (Fsp3) is 0.747. The summed E-state index contributed by atoms with van der Waals surface area (Å²) in [5.74, 6) is -0.884. The van der Waals surface area contributed by atoms with Crippen LogP contribution in [0.1, 0.15) is 342 Å². The van der Waals surface area contributed by atoms with Crippen LogP contribution in [0.25, 0.3) is 0 Å². The molecule has 0 spiro atoms. The molecule has 6 nitrogen and oxygen atoms in total. The first-order valence-electron chi connectivity index (χ1n) is 34.7. The Kier molecular flexibility index (Phi) is 65.7. The molecule has 6 heteroatoms. The number of carbonyl (C=O) groups is 3. The molecule has 0 fully saturated rings. The monoisotopic (exact) mass is 1130 g/mol. The first-order valence-corrected chi connectivity index (χ1v) is 34.7. The van der Waals surface area contributed by atoms with Crippen LogP contribution in [0.5, 0.6) is 0 Å². The zero-order valence-corrected chi connectivity index (χ0v) is 53.5. The number of esters is 3. The molecule has 0 heterocycles. The smallest absolute Gasteiger partial charge is 0.306 e. The Morgan fingerprint density at radius 2 is 0.506 bits per heavy atom. The molecule has 0 aromatic rings. The summed E-state index contributed by atoms with van der Waals surface area (Å²) in [5, 5.41) is 0. The van der Waals surface area contributed by atoms with Gasteiger partial charge in [0.15, 0.2) is 6.10 Å². The lowest BCUT2D eigenvalue weighted by atomic mass is 10.0. The van der Waals surface area contributed by atoms with Crippen molar-refractivity contribution in [2.24, 2.45) is 0 Å². The van der Waals surface area contributed by atoms with Crippen LogP contribution >= 0.6 is 0 Å². The summed E-state index contributed by atoms with van der Waals surface area (Å²) in [6, 6.07) is 0. The lowest BCUT2D eigenvalue weighted by Crippen LogP contribution is -2.30. The number of hydrogen-bond acceptors (Lipinski definition) is 6. The molecule has 1 unspecified atom stereocenters. The molecule has 0 amide bonds. The molecule has 0 radical (unpaired) electrons. The van der Waals surface area contributed by atoms with E-state index >= 15 is 0 Å². The van der Waals surface area contributed by atoms with Gasteiger partial charge in [-0.25, -0.2) is 0 Å². The van der Waals surface area contributed by atoms with Crippen molar-refractivity contribution in [1.29, 1.82) is 0 Å². The van der Waals surface area contributed by atoms with Gasteiger partial charge in [0.25, 0.3) is 0 Å². The third kappa shape index (κ3) is 67.0. The molecule has 0 saturated heterocycles. The zero-order valence-electron chi connectivity index (χ0n) is 53.5. The second kappa shape index (κ2) is 68.8. The van der Waals surface area contributed by atoms with E-state index in [2.05, 4.69) is 118 Å². The summed E-state index contributed by atoms with van der Waals surface area (Å²) in [6.07, 6.45) is 92.9. The van der Waals surface area contributed by atoms with Crippen LogP contribution in [-0.2, 0) is 28.6 Å². The van der Waals surface area contributed by atoms with E-state index in [-0.39, 0.29) is 31.1 Å². The van der Waals surface area contributed by atoms with Gasteiger partial charge >= 0.3 is 17.9 Å². The Morgan fingerprint density at radius 3 is 0.802 bits per heavy atom. The van der Waals surface area contributed by atoms with Crippen molar-refractivity contribution in [2.75, 3.05) is 13.2 Å². The zero-order chi connectivity index (χ0) is 58.5. The number of rotatable bonds is 63. The highest BCUT2D eigenvalue weighted by atomic mass is 16.6. The fourth-order valence-electron chi connectivity index (χ4n) is 9.86. The van der Waals surface area contributed by atoms with Gasteiger partial charge in [0.05, 0.1) is 0 Å². The number of hydrogen-bond donors (Lipinski definition) is 0. The van der Waals surface area contributed by atoms with Crippen LogP contribution in [0, 0.1) is 0 Å². The Hall–Kier alpha value is -3.67. The number of allylic oxidation sites excluding steroid dienone is 16. The van der Waals surface area contributed by atoms with Crippen molar-refractivity contribution in [1.82, 2.24) is 0 Å². The maximum absolute atomic E-state index is 12.9. The molecule has 1 atom stereocenters. The van der Waals surface area contributed by atoms with Crippen LogP contribution in [-0.4, -0.2) is 37.2 Å². The van der Waals surface area contributed by atoms with E-state index in [1.165, 1.54) is 186 Å². The predicted molar refractivity (Wildman–Crippen MR) is 353 cm³/mol. The van der Waals surface area contributed by atoms with Crippen molar-refractivity contribution in [3.8, 4) is 0 Å². The van der Waals surface area contributed by atoms with Gasteiger partial charge in [0, 0.05) is 19.3 Å². The summed E-state index contributed by atoms with van der Waals surface area (Å²) >= 11 is 0. The van der Waals surface area contributed by atoms with Crippen LogP contribution in [0.15, 0.2) is 97.2 Å². The number of carbonyl (C=O) groups excluding carboxylic acids is 3. The number of ether oxygens (including phenoxy) is 3. The Labute approximate surface area is 502 Å². The summed E-state index contributed by atoms with van der Waals surface area (Å²) in [6.45, 7) is 6.46. The first-order chi connectivity index (χ1) is 40.0. The first kappa shape index (κ1) is 77.3. The minimum absolute atomic E-state index is 0.0806. The molecule has 0 aliphatic carbocycles. The van der Waals surface area contributed by atoms with Gasteiger partial charge in [-0.05, 0) is 116 Å². The molecular weight excluding hydrogens is 997 g/mol. The third-order valence-corrected chi connectivity index (χ3v) is 15.0. The molecule has 0 bridgehead atoms. The van der Waals surface area contributed by atoms with Crippen molar-refractivity contribution < 1.29 is 28.6 Å². The minimum Gasteiger partial charge on any atom is -0.462 e. The van der Waals surface area contributed by atoms with Crippen molar-refractivity contribution in [3.05, 3.63) is 97.2 Å². The van der Waals surface area contributed by atoms with Gasteiger partial charge in [-0.15, -0.1) is 0 Å². The van der Waals surface area contributed by atoms with Gasteiger partial charge in [-0.1, -0.05) is 304 Å². The van der Waals surface area contributed by atoms with E-state index in [1.807, 2.05) is 0 Å². The fourth-order valence-corrected chi connectivity index (χ4v) is 9.86. The SMILES string of the molecule is CC/C=C\C/C=C\C/C=C\C/C=C\CCCCCCCCCCCCCCCCCCCCC(=O)OCC(COC(=O)CCCCCCC/C=C\C/C=C\CCC)OC(=O)CCCCCCCCCCC/C=C\C/C=C\CCCCC. The molecule has 0 saturated carbocycles. The van der Waals surface area contributed by atoms with Gasteiger partial charge < -0.3 is 14.2 Å². The molecule has 81 heavy (non-hydrogen) atoms. The van der Waals surface area contributed by atoms with Crippen LogP contribution < -0.4 is 0 Å². The van der Waals surface area contributed by atoms with E-state index in [0.29, 0.717) is 19.3 Å². The van der Waals surface area contributed by atoms with Crippen molar-refractivity contribution in [3.63, 3.8) is 0 Å². The Bertz CT molecular complexity index is 1580. The quantitative estimate of drug-likeness (QED) is 0.0261. The predicted octanol–water partition coefficient (Wildman–Crippen LogP) is 24.0. The maximum Gasteiger partial charge on any atom is 0.306 e. The molecular formula is C75H130O6. The van der Waals surface area contributed by atoms with Crippen LogP contribution in [0.3, 0.4) is 0 Å². The standard InChI is InChI=1S/C75H130O6/c1-4-7-10-13-16-19-22-25-27-29-31-32-33-34-35-36-37-38-39-40-41-42-44-45-47-50-53-56-59-62-65-68-74(77)80-71-72(70-79-73(76)67-64-61-58-55-52-49-24-21-18-15-12-9-6-3)81-75(78)69-66-63-60-57-54-51-48-46-43-30-28-26-23-20-17-14-11-8-5-2/h7,10,12,15-17,19-21,24-28,31-32,72H,4-6,8-9,11,13-14,18,22-23,29-30,33-71H2,1-3H3/b10-7-,15-12-,19-16-,20-17-,24-21-,27-25-,28-26-,32-31-. The van der Waals surface area contributed by atoms with Crippen molar-refractivity contribution >= 4 is 17.9 Å². The maximum atomic E-state index is 12.9. The largest absolute Gasteiger partial charge is 0.462 e.